The molecule has 1 aromatic heterocycles. The van der Waals surface area contributed by atoms with Crippen molar-refractivity contribution in [1.82, 2.24) is 9.97 Å². The highest BCUT2D eigenvalue weighted by Crippen LogP contribution is 2.30. The van der Waals surface area contributed by atoms with Crippen LogP contribution in [0.1, 0.15) is 24.4 Å². The summed E-state index contributed by atoms with van der Waals surface area (Å²) in [6, 6.07) is 7.38. The minimum absolute atomic E-state index is 0.0413. The zero-order chi connectivity index (χ0) is 13.7. The van der Waals surface area contributed by atoms with E-state index >= 15 is 0 Å². The molecule has 0 amide bonds. The molecule has 1 aromatic carbocycles. The Kier molecular flexibility index (Phi) is 4.30. The molecule has 0 aliphatic rings. The van der Waals surface area contributed by atoms with Gasteiger partial charge in [-0.3, -0.25) is 0 Å². The number of nitrogens with two attached hydrogens (primary N) is 1. The van der Waals surface area contributed by atoms with Crippen molar-refractivity contribution < 1.29 is 9.47 Å². The van der Waals surface area contributed by atoms with Gasteiger partial charge in [-0.2, -0.15) is 0 Å². The number of benzene rings is 1. The molecule has 0 saturated carbocycles. The Morgan fingerprint density at radius 1 is 1.21 bits per heavy atom. The summed E-state index contributed by atoms with van der Waals surface area (Å²) >= 11 is 0. The minimum Gasteiger partial charge on any atom is -0.493 e. The van der Waals surface area contributed by atoms with Crippen LogP contribution in [0.25, 0.3) is 0 Å². The molecule has 5 heteroatoms. The lowest BCUT2D eigenvalue weighted by Crippen LogP contribution is -2.06. The van der Waals surface area contributed by atoms with Crippen LogP contribution in [0.3, 0.4) is 0 Å². The second kappa shape index (κ2) is 6.15. The first-order valence-corrected chi connectivity index (χ1v) is 6.03. The Hall–Kier alpha value is -2.14. The van der Waals surface area contributed by atoms with Crippen LogP contribution in [0.15, 0.2) is 36.7 Å². The second-order valence-electron chi connectivity index (χ2n) is 4.15. The van der Waals surface area contributed by atoms with Crippen molar-refractivity contribution in [2.24, 2.45) is 5.73 Å². The van der Waals surface area contributed by atoms with Crippen molar-refractivity contribution in [3.8, 4) is 11.5 Å². The normalized spacial score (nSPS) is 11.9. The number of aromatic nitrogens is 2. The van der Waals surface area contributed by atoms with Crippen molar-refractivity contribution in [2.75, 3.05) is 7.11 Å². The number of ether oxygens (including phenoxy) is 2. The third-order valence-corrected chi connectivity index (χ3v) is 2.69. The summed E-state index contributed by atoms with van der Waals surface area (Å²) in [4.78, 5) is 8.20. The van der Waals surface area contributed by atoms with E-state index in [1.807, 2.05) is 25.1 Å². The van der Waals surface area contributed by atoms with Gasteiger partial charge < -0.3 is 15.2 Å². The van der Waals surface area contributed by atoms with Crippen LogP contribution in [-0.4, -0.2) is 17.1 Å². The molecule has 0 fully saturated rings. The smallest absolute Gasteiger partial charge is 0.166 e. The summed E-state index contributed by atoms with van der Waals surface area (Å²) in [7, 11) is 1.60. The fourth-order valence-corrected chi connectivity index (χ4v) is 1.63. The van der Waals surface area contributed by atoms with Gasteiger partial charge in [0.1, 0.15) is 6.61 Å². The fourth-order valence-electron chi connectivity index (χ4n) is 1.63. The number of hydrogen-bond donors (Lipinski definition) is 1. The average molecular weight is 259 g/mol. The maximum atomic E-state index is 5.84. The first kappa shape index (κ1) is 13.3. The Morgan fingerprint density at radius 3 is 2.58 bits per heavy atom. The Morgan fingerprint density at radius 2 is 1.95 bits per heavy atom. The molecule has 2 N–H and O–H groups in total. The number of hydrogen-bond acceptors (Lipinski definition) is 5. The molecule has 0 unspecified atom stereocenters. The summed E-state index contributed by atoms with van der Waals surface area (Å²) in [6.45, 7) is 2.22. The van der Waals surface area contributed by atoms with Gasteiger partial charge >= 0.3 is 0 Å². The highest BCUT2D eigenvalue weighted by molar-refractivity contribution is 5.43. The van der Waals surface area contributed by atoms with Crippen LogP contribution >= 0.6 is 0 Å². The van der Waals surface area contributed by atoms with E-state index in [1.54, 1.807) is 25.6 Å². The maximum absolute atomic E-state index is 5.84. The van der Waals surface area contributed by atoms with Crippen LogP contribution in [0.5, 0.6) is 11.5 Å². The van der Waals surface area contributed by atoms with Crippen molar-refractivity contribution in [1.29, 1.82) is 0 Å². The monoisotopic (exact) mass is 259 g/mol. The molecule has 1 heterocycles. The topological polar surface area (TPSA) is 70.3 Å². The molecule has 0 radical (unpaired) electrons. The number of rotatable bonds is 5. The molecule has 19 heavy (non-hydrogen) atoms. The first-order chi connectivity index (χ1) is 9.20. The van der Waals surface area contributed by atoms with E-state index in [1.165, 1.54) is 0 Å². The van der Waals surface area contributed by atoms with Gasteiger partial charge in [-0.05, 0) is 30.7 Å². The van der Waals surface area contributed by atoms with E-state index in [-0.39, 0.29) is 6.04 Å². The first-order valence-electron chi connectivity index (χ1n) is 6.03. The summed E-state index contributed by atoms with van der Waals surface area (Å²) < 4.78 is 11.0. The molecular weight excluding hydrogens is 242 g/mol. The van der Waals surface area contributed by atoms with Gasteiger partial charge in [0.2, 0.25) is 0 Å². The third kappa shape index (κ3) is 3.42. The van der Waals surface area contributed by atoms with Crippen molar-refractivity contribution in [3.05, 3.63) is 48.0 Å². The van der Waals surface area contributed by atoms with E-state index in [4.69, 9.17) is 15.2 Å². The molecule has 0 aliphatic heterocycles. The molecule has 0 saturated heterocycles. The van der Waals surface area contributed by atoms with E-state index < -0.39 is 0 Å². The van der Waals surface area contributed by atoms with Crippen LogP contribution < -0.4 is 15.2 Å². The minimum atomic E-state index is -0.0413. The molecule has 100 valence electrons. The number of nitrogens with zero attached hydrogens (tertiary/aromatic N) is 2. The largest absolute Gasteiger partial charge is 0.493 e. The Balaban J connectivity index is 2.12. The predicted octanol–water partition coefficient (Wildman–Crippen LogP) is 2.08. The van der Waals surface area contributed by atoms with Gasteiger partial charge in [-0.15, -0.1) is 0 Å². The third-order valence-electron chi connectivity index (χ3n) is 2.69. The molecule has 0 aliphatic carbocycles. The van der Waals surface area contributed by atoms with E-state index in [9.17, 15) is 0 Å². The Bertz CT molecular complexity index is 529. The summed E-state index contributed by atoms with van der Waals surface area (Å²) in [6.07, 6.45) is 3.37. The van der Waals surface area contributed by atoms with Gasteiger partial charge in [0, 0.05) is 18.4 Å². The summed E-state index contributed by atoms with van der Waals surface area (Å²) in [5, 5.41) is 0. The molecule has 2 aromatic rings. The van der Waals surface area contributed by atoms with E-state index in [0.29, 0.717) is 23.9 Å². The second-order valence-corrected chi connectivity index (χ2v) is 4.15. The van der Waals surface area contributed by atoms with Gasteiger partial charge in [0.05, 0.1) is 7.11 Å². The quantitative estimate of drug-likeness (QED) is 0.890. The van der Waals surface area contributed by atoms with Crippen molar-refractivity contribution in [2.45, 2.75) is 19.6 Å². The van der Waals surface area contributed by atoms with Gasteiger partial charge in [0.25, 0.3) is 0 Å². The van der Waals surface area contributed by atoms with Gasteiger partial charge in [0.15, 0.2) is 17.3 Å². The maximum Gasteiger partial charge on any atom is 0.166 e. The Labute approximate surface area is 112 Å². The van der Waals surface area contributed by atoms with E-state index in [0.717, 1.165) is 5.56 Å². The number of methoxy groups -OCH3 is 1. The highest BCUT2D eigenvalue weighted by Gasteiger charge is 2.08. The fraction of sp³-hybridized carbons (Fsp3) is 0.286. The molecular formula is C14H17N3O2. The van der Waals surface area contributed by atoms with Crippen LogP contribution in [0, 0.1) is 0 Å². The van der Waals surface area contributed by atoms with Crippen molar-refractivity contribution >= 4 is 0 Å². The zero-order valence-corrected chi connectivity index (χ0v) is 11.0. The summed E-state index contributed by atoms with van der Waals surface area (Å²) in [5.74, 6) is 1.94. The SMILES string of the molecule is COc1cc([C@H](C)N)ccc1OCc1ncccn1. The lowest BCUT2D eigenvalue weighted by molar-refractivity contribution is 0.276. The van der Waals surface area contributed by atoms with Gasteiger partial charge in [-0.1, -0.05) is 6.07 Å². The van der Waals surface area contributed by atoms with Crippen LogP contribution in [0.2, 0.25) is 0 Å². The predicted molar refractivity (Wildman–Crippen MR) is 72.0 cm³/mol. The highest BCUT2D eigenvalue weighted by atomic mass is 16.5. The lowest BCUT2D eigenvalue weighted by atomic mass is 10.1. The van der Waals surface area contributed by atoms with Gasteiger partial charge in [-0.25, -0.2) is 9.97 Å². The summed E-state index contributed by atoms with van der Waals surface area (Å²) in [5.41, 5.74) is 6.84. The average Bonchev–Trinajstić information content (AvgIpc) is 2.45. The molecule has 5 nitrogen and oxygen atoms in total. The lowest BCUT2D eigenvalue weighted by Gasteiger charge is -2.13. The van der Waals surface area contributed by atoms with Crippen LogP contribution in [-0.2, 0) is 6.61 Å². The zero-order valence-electron chi connectivity index (χ0n) is 11.0. The molecule has 1 atom stereocenters. The molecule has 0 spiro atoms. The molecule has 2 rings (SSSR count). The molecule has 0 bridgehead atoms. The van der Waals surface area contributed by atoms with Crippen molar-refractivity contribution in [3.63, 3.8) is 0 Å². The van der Waals surface area contributed by atoms with E-state index in [2.05, 4.69) is 9.97 Å². The van der Waals surface area contributed by atoms with Crippen LogP contribution in [0.4, 0.5) is 0 Å². The standard InChI is InChI=1S/C14H17N3O2/c1-10(15)11-4-5-12(13(8-11)18-2)19-9-14-16-6-3-7-17-14/h3-8,10H,9,15H2,1-2H3/t10-/m0/s1.